The van der Waals surface area contributed by atoms with Crippen LogP contribution in [0.1, 0.15) is 84.0 Å². The predicted molar refractivity (Wildman–Crippen MR) is 87.9 cm³/mol. The molecule has 0 heterocycles. The fourth-order valence-electron chi connectivity index (χ4n) is 4.58. The molecule has 0 amide bonds. The summed E-state index contributed by atoms with van der Waals surface area (Å²) in [5.74, 6) is 0.949. The highest BCUT2D eigenvalue weighted by Gasteiger charge is 2.32. The second kappa shape index (κ2) is 9.04. The van der Waals surface area contributed by atoms with Crippen molar-refractivity contribution in [3.63, 3.8) is 0 Å². The predicted octanol–water partition coefficient (Wildman–Crippen LogP) is 4.33. The van der Waals surface area contributed by atoms with E-state index in [0.717, 1.165) is 24.5 Å². The van der Waals surface area contributed by atoms with Gasteiger partial charge in [-0.05, 0) is 51.1 Å². The summed E-state index contributed by atoms with van der Waals surface area (Å²) < 4.78 is 0. The van der Waals surface area contributed by atoms with Crippen LogP contribution in [0.5, 0.6) is 0 Å². The molecular formula is C18H36N2. The fraction of sp³-hybridized carbons (Fsp3) is 1.00. The maximum atomic E-state index is 5.81. The van der Waals surface area contributed by atoms with Crippen molar-refractivity contribution in [1.82, 2.24) is 4.90 Å². The van der Waals surface area contributed by atoms with Gasteiger partial charge < -0.3 is 5.73 Å². The highest BCUT2D eigenvalue weighted by molar-refractivity contribution is 4.87. The molecule has 0 aliphatic heterocycles. The van der Waals surface area contributed by atoms with Gasteiger partial charge in [0.15, 0.2) is 0 Å². The van der Waals surface area contributed by atoms with E-state index in [-0.39, 0.29) is 0 Å². The van der Waals surface area contributed by atoms with Crippen molar-refractivity contribution < 1.29 is 0 Å². The molecule has 2 nitrogen and oxygen atoms in total. The van der Waals surface area contributed by atoms with Crippen LogP contribution in [-0.2, 0) is 0 Å². The van der Waals surface area contributed by atoms with E-state index in [0.29, 0.717) is 0 Å². The molecular weight excluding hydrogens is 244 g/mol. The Morgan fingerprint density at radius 1 is 0.900 bits per heavy atom. The van der Waals surface area contributed by atoms with Crippen LogP contribution in [0.4, 0.5) is 0 Å². The number of rotatable bonds is 6. The van der Waals surface area contributed by atoms with Gasteiger partial charge in [0.1, 0.15) is 0 Å². The van der Waals surface area contributed by atoms with Gasteiger partial charge in [0.2, 0.25) is 0 Å². The molecule has 2 rings (SSSR count). The van der Waals surface area contributed by atoms with Crippen LogP contribution in [0, 0.1) is 5.92 Å². The summed E-state index contributed by atoms with van der Waals surface area (Å²) >= 11 is 0. The van der Waals surface area contributed by atoms with Gasteiger partial charge in [0.25, 0.3) is 0 Å². The first kappa shape index (κ1) is 16.3. The first-order valence-electron chi connectivity index (χ1n) is 9.32. The second-order valence-electron chi connectivity index (χ2n) is 7.05. The van der Waals surface area contributed by atoms with Crippen LogP contribution in [0.25, 0.3) is 0 Å². The Labute approximate surface area is 126 Å². The number of nitrogens with two attached hydrogens (primary N) is 1. The van der Waals surface area contributed by atoms with Crippen LogP contribution in [0.3, 0.4) is 0 Å². The third-order valence-corrected chi connectivity index (χ3v) is 5.73. The van der Waals surface area contributed by atoms with Gasteiger partial charge in [-0.1, -0.05) is 51.9 Å². The average Bonchev–Trinajstić information content (AvgIpc) is 2.77. The molecule has 0 spiro atoms. The second-order valence-corrected chi connectivity index (χ2v) is 7.05. The van der Waals surface area contributed by atoms with E-state index in [1.807, 2.05) is 0 Å². The molecule has 0 bridgehead atoms. The van der Waals surface area contributed by atoms with E-state index in [1.165, 1.54) is 83.6 Å². The number of hydrogen-bond donors (Lipinski definition) is 1. The first-order valence-corrected chi connectivity index (χ1v) is 9.32. The summed E-state index contributed by atoms with van der Waals surface area (Å²) in [6, 6.07) is 1.73. The fourth-order valence-corrected chi connectivity index (χ4v) is 4.58. The number of nitrogens with zero attached hydrogens (tertiary/aromatic N) is 1. The molecule has 2 saturated carbocycles. The zero-order chi connectivity index (χ0) is 14.2. The summed E-state index contributed by atoms with van der Waals surface area (Å²) in [7, 11) is 0. The zero-order valence-corrected chi connectivity index (χ0v) is 13.7. The summed E-state index contributed by atoms with van der Waals surface area (Å²) in [5, 5.41) is 0. The van der Waals surface area contributed by atoms with Crippen molar-refractivity contribution >= 4 is 0 Å². The zero-order valence-electron chi connectivity index (χ0n) is 13.7. The summed E-state index contributed by atoms with van der Waals surface area (Å²) in [5.41, 5.74) is 5.81. The monoisotopic (exact) mass is 280 g/mol. The van der Waals surface area contributed by atoms with Crippen molar-refractivity contribution in [3.8, 4) is 0 Å². The van der Waals surface area contributed by atoms with Crippen LogP contribution in [0.2, 0.25) is 0 Å². The van der Waals surface area contributed by atoms with Gasteiger partial charge in [0, 0.05) is 12.1 Å². The summed E-state index contributed by atoms with van der Waals surface area (Å²) in [4.78, 5) is 2.92. The Bertz CT molecular complexity index is 246. The van der Waals surface area contributed by atoms with Crippen molar-refractivity contribution in [1.29, 1.82) is 0 Å². The molecule has 20 heavy (non-hydrogen) atoms. The van der Waals surface area contributed by atoms with Gasteiger partial charge in [-0.25, -0.2) is 0 Å². The van der Waals surface area contributed by atoms with E-state index >= 15 is 0 Å². The Kier molecular flexibility index (Phi) is 7.37. The van der Waals surface area contributed by atoms with Gasteiger partial charge in [-0.3, -0.25) is 4.90 Å². The molecule has 118 valence electrons. The molecule has 0 radical (unpaired) electrons. The topological polar surface area (TPSA) is 29.3 Å². The quantitative estimate of drug-likeness (QED) is 0.734. The Hall–Kier alpha value is -0.0800. The lowest BCUT2D eigenvalue weighted by atomic mass is 9.81. The normalized spacial score (nSPS) is 29.6. The molecule has 2 heteroatoms. The molecule has 2 unspecified atom stereocenters. The van der Waals surface area contributed by atoms with E-state index in [1.54, 1.807) is 0 Å². The third-order valence-electron chi connectivity index (χ3n) is 5.73. The van der Waals surface area contributed by atoms with Crippen molar-refractivity contribution in [2.45, 2.75) is 96.1 Å². The summed E-state index contributed by atoms with van der Waals surface area (Å²) in [6.07, 6.45) is 17.1. The minimum absolute atomic E-state index is 0.854. The van der Waals surface area contributed by atoms with Crippen LogP contribution in [0.15, 0.2) is 0 Å². The molecule has 0 saturated heterocycles. The minimum atomic E-state index is 0.854. The maximum absolute atomic E-state index is 5.81. The van der Waals surface area contributed by atoms with Gasteiger partial charge >= 0.3 is 0 Å². The lowest BCUT2D eigenvalue weighted by Gasteiger charge is -2.44. The first-order chi connectivity index (χ1) is 9.86. The highest BCUT2D eigenvalue weighted by Crippen LogP contribution is 2.34. The van der Waals surface area contributed by atoms with Crippen molar-refractivity contribution in [2.24, 2.45) is 11.7 Å². The van der Waals surface area contributed by atoms with Crippen molar-refractivity contribution in [3.05, 3.63) is 0 Å². The van der Waals surface area contributed by atoms with E-state index in [9.17, 15) is 0 Å². The minimum Gasteiger partial charge on any atom is -0.330 e. The molecule has 2 aliphatic rings. The largest absolute Gasteiger partial charge is 0.330 e. The highest BCUT2D eigenvalue weighted by atomic mass is 15.2. The third kappa shape index (κ3) is 4.46. The van der Waals surface area contributed by atoms with E-state index in [2.05, 4.69) is 11.8 Å². The van der Waals surface area contributed by atoms with Crippen LogP contribution < -0.4 is 5.73 Å². The molecule has 2 atom stereocenters. The molecule has 2 fully saturated rings. The molecule has 0 aromatic rings. The maximum Gasteiger partial charge on any atom is 0.0126 e. The smallest absolute Gasteiger partial charge is 0.0126 e. The molecule has 0 aromatic carbocycles. The Morgan fingerprint density at radius 3 is 2.20 bits per heavy atom. The Balaban J connectivity index is 2.03. The lowest BCUT2D eigenvalue weighted by molar-refractivity contribution is 0.0532. The van der Waals surface area contributed by atoms with Crippen LogP contribution in [-0.4, -0.2) is 30.1 Å². The SMILES string of the molecule is CCC1CCCCC1N(CCCN)C1CCCCCC1. The van der Waals surface area contributed by atoms with Gasteiger partial charge in [0.05, 0.1) is 0 Å². The molecule has 2 aliphatic carbocycles. The van der Waals surface area contributed by atoms with Gasteiger partial charge in [-0.15, -0.1) is 0 Å². The standard InChI is InChI=1S/C18H36N2/c1-2-16-10-7-8-13-18(16)20(15-9-14-19)17-11-5-3-4-6-12-17/h16-18H,2-15,19H2,1H3. The number of hydrogen-bond acceptors (Lipinski definition) is 2. The van der Waals surface area contributed by atoms with E-state index < -0.39 is 0 Å². The lowest BCUT2D eigenvalue weighted by Crippen LogP contribution is -2.48. The Morgan fingerprint density at radius 2 is 1.55 bits per heavy atom. The van der Waals surface area contributed by atoms with Gasteiger partial charge in [-0.2, -0.15) is 0 Å². The van der Waals surface area contributed by atoms with Crippen molar-refractivity contribution in [2.75, 3.05) is 13.1 Å². The average molecular weight is 280 g/mol. The van der Waals surface area contributed by atoms with E-state index in [4.69, 9.17) is 5.73 Å². The molecule has 0 aromatic heterocycles. The summed E-state index contributed by atoms with van der Waals surface area (Å²) in [6.45, 7) is 4.51. The van der Waals surface area contributed by atoms with Crippen LogP contribution >= 0.6 is 0 Å². The molecule has 2 N–H and O–H groups in total.